The van der Waals surface area contributed by atoms with E-state index in [2.05, 4.69) is 10.3 Å². The van der Waals surface area contributed by atoms with Crippen molar-refractivity contribution in [1.82, 2.24) is 4.98 Å². The number of nitrogens with zero attached hydrogens (tertiary/aromatic N) is 2. The number of carbonyl (C=O) groups is 1. The Morgan fingerprint density at radius 2 is 2.22 bits per heavy atom. The van der Waals surface area contributed by atoms with Crippen LogP contribution in [0, 0.1) is 11.3 Å². The average Bonchev–Trinajstić information content (AvgIpc) is 2.57. The predicted octanol–water partition coefficient (Wildman–Crippen LogP) is 2.53. The monoisotopic (exact) mass is 307 g/mol. The summed E-state index contributed by atoms with van der Waals surface area (Å²) in [6.45, 7) is 0. The number of Topliss-reactive ketones (excluding diaryl/α,β-unsaturated/α-hetero) is 1. The maximum Gasteiger partial charge on any atom is 0.359 e. The van der Waals surface area contributed by atoms with E-state index in [1.54, 1.807) is 24.4 Å². The predicted molar refractivity (Wildman–Crippen MR) is 83.7 cm³/mol. The second kappa shape index (κ2) is 6.28. The van der Waals surface area contributed by atoms with Gasteiger partial charge in [0.1, 0.15) is 17.5 Å². The van der Waals surface area contributed by atoms with Gasteiger partial charge in [-0.25, -0.2) is 4.79 Å². The number of rotatable bonds is 3. The highest BCUT2D eigenvalue weighted by Gasteiger charge is 2.21. The van der Waals surface area contributed by atoms with Crippen molar-refractivity contribution in [2.45, 2.75) is 19.3 Å². The van der Waals surface area contributed by atoms with E-state index in [0.717, 1.165) is 0 Å². The lowest BCUT2D eigenvalue weighted by atomic mass is 9.96. The maximum absolute atomic E-state index is 12.0. The van der Waals surface area contributed by atoms with E-state index in [1.165, 1.54) is 12.3 Å². The molecular formula is C17H13N3O3. The molecule has 0 aromatic carbocycles. The Bertz CT molecular complexity index is 876. The van der Waals surface area contributed by atoms with Crippen molar-refractivity contribution < 1.29 is 9.21 Å². The summed E-state index contributed by atoms with van der Waals surface area (Å²) < 4.78 is 5.21. The van der Waals surface area contributed by atoms with E-state index in [-0.39, 0.29) is 17.0 Å². The molecule has 23 heavy (non-hydrogen) atoms. The summed E-state index contributed by atoms with van der Waals surface area (Å²) in [5.41, 5.74) is 0.758. The summed E-state index contributed by atoms with van der Waals surface area (Å²) >= 11 is 0. The molecule has 1 aliphatic carbocycles. The van der Waals surface area contributed by atoms with Gasteiger partial charge in [0, 0.05) is 25.2 Å². The minimum atomic E-state index is -0.562. The van der Waals surface area contributed by atoms with Crippen LogP contribution in [0.1, 0.15) is 34.7 Å². The van der Waals surface area contributed by atoms with Gasteiger partial charge in [0.25, 0.3) is 0 Å². The third-order valence-corrected chi connectivity index (χ3v) is 3.57. The first-order valence-electron chi connectivity index (χ1n) is 7.17. The van der Waals surface area contributed by atoms with Crippen LogP contribution < -0.4 is 10.9 Å². The van der Waals surface area contributed by atoms with Crippen LogP contribution in [0.2, 0.25) is 0 Å². The SMILES string of the molecule is N#C/C(=C/Nc1cc2c(oc1=O)CCCC2=O)c1ccccn1. The molecule has 114 valence electrons. The number of hydrogen-bond acceptors (Lipinski definition) is 6. The normalized spacial score (nSPS) is 14.0. The quantitative estimate of drug-likeness (QED) is 0.875. The highest BCUT2D eigenvalue weighted by Crippen LogP contribution is 2.22. The number of anilines is 1. The summed E-state index contributed by atoms with van der Waals surface area (Å²) in [7, 11) is 0. The molecule has 2 aromatic rings. The summed E-state index contributed by atoms with van der Waals surface area (Å²) in [5, 5.41) is 12.0. The lowest BCUT2D eigenvalue weighted by Crippen LogP contribution is -2.17. The Balaban J connectivity index is 1.93. The van der Waals surface area contributed by atoms with Crippen molar-refractivity contribution in [2.24, 2.45) is 0 Å². The molecule has 2 aromatic heterocycles. The van der Waals surface area contributed by atoms with Crippen LogP contribution in [0.15, 0.2) is 45.9 Å². The average molecular weight is 307 g/mol. The Morgan fingerprint density at radius 3 is 2.96 bits per heavy atom. The number of aromatic nitrogens is 1. The summed E-state index contributed by atoms with van der Waals surface area (Å²) in [6, 6.07) is 8.71. The molecule has 2 heterocycles. The van der Waals surface area contributed by atoms with Gasteiger partial charge >= 0.3 is 5.63 Å². The molecule has 6 heteroatoms. The fraction of sp³-hybridized carbons (Fsp3) is 0.176. The molecule has 0 atom stereocenters. The molecule has 0 unspecified atom stereocenters. The van der Waals surface area contributed by atoms with Gasteiger partial charge in [-0.05, 0) is 24.6 Å². The smallest absolute Gasteiger partial charge is 0.359 e. The zero-order valence-electron chi connectivity index (χ0n) is 12.2. The van der Waals surface area contributed by atoms with Crippen molar-refractivity contribution in [2.75, 3.05) is 5.32 Å². The molecule has 0 bridgehead atoms. The van der Waals surface area contributed by atoms with Crippen LogP contribution in [-0.4, -0.2) is 10.8 Å². The standard InChI is InChI=1S/C17H13N3O3/c18-9-11(13-4-1-2-7-19-13)10-20-14-8-12-15(21)5-3-6-16(12)23-17(14)22/h1-2,4,7-8,10,20H,3,5-6H2/b11-10-. The zero-order valence-corrected chi connectivity index (χ0v) is 12.2. The van der Waals surface area contributed by atoms with E-state index < -0.39 is 5.63 Å². The molecule has 1 N–H and O–H groups in total. The van der Waals surface area contributed by atoms with Crippen LogP contribution >= 0.6 is 0 Å². The van der Waals surface area contributed by atoms with Gasteiger partial charge in [0.2, 0.25) is 0 Å². The van der Waals surface area contributed by atoms with Crippen LogP contribution in [-0.2, 0) is 6.42 Å². The summed E-state index contributed by atoms with van der Waals surface area (Å²) in [4.78, 5) is 27.9. The maximum atomic E-state index is 12.0. The van der Waals surface area contributed by atoms with Crippen LogP contribution in [0.3, 0.4) is 0 Å². The number of fused-ring (bicyclic) bond motifs is 1. The number of pyridine rings is 1. The van der Waals surface area contributed by atoms with Crippen molar-refractivity contribution in [3.8, 4) is 6.07 Å². The van der Waals surface area contributed by atoms with E-state index in [4.69, 9.17) is 4.42 Å². The molecule has 0 saturated carbocycles. The lowest BCUT2D eigenvalue weighted by molar-refractivity contribution is 0.0966. The first kappa shape index (κ1) is 14.7. The van der Waals surface area contributed by atoms with E-state index >= 15 is 0 Å². The fourth-order valence-corrected chi connectivity index (χ4v) is 2.41. The molecule has 3 rings (SSSR count). The zero-order chi connectivity index (χ0) is 16.2. The molecular weight excluding hydrogens is 294 g/mol. The van der Waals surface area contributed by atoms with E-state index in [1.807, 2.05) is 6.07 Å². The molecule has 0 radical (unpaired) electrons. The fourth-order valence-electron chi connectivity index (χ4n) is 2.41. The first-order valence-corrected chi connectivity index (χ1v) is 7.17. The number of carbonyl (C=O) groups excluding carboxylic acids is 1. The second-order valence-electron chi connectivity index (χ2n) is 5.09. The number of hydrogen-bond donors (Lipinski definition) is 1. The Labute approximate surface area is 132 Å². The lowest BCUT2D eigenvalue weighted by Gasteiger charge is -2.13. The van der Waals surface area contributed by atoms with E-state index in [9.17, 15) is 14.9 Å². The molecule has 1 aliphatic rings. The largest absolute Gasteiger partial charge is 0.426 e. The van der Waals surface area contributed by atoms with Crippen LogP contribution in [0.25, 0.3) is 5.57 Å². The van der Waals surface area contributed by atoms with E-state index in [0.29, 0.717) is 36.3 Å². The minimum absolute atomic E-state index is 0.0349. The van der Waals surface area contributed by atoms with Crippen molar-refractivity contribution in [1.29, 1.82) is 5.26 Å². The van der Waals surface area contributed by atoms with Gasteiger partial charge in [-0.2, -0.15) is 5.26 Å². The Hall–Kier alpha value is -3.20. The first-order chi connectivity index (χ1) is 11.2. The topological polar surface area (TPSA) is 96.0 Å². The van der Waals surface area contributed by atoms with Gasteiger partial charge in [-0.15, -0.1) is 0 Å². The van der Waals surface area contributed by atoms with Gasteiger partial charge in [0.05, 0.1) is 16.8 Å². The summed E-state index contributed by atoms with van der Waals surface area (Å²) in [5.74, 6) is 0.401. The number of ketones is 1. The molecule has 0 fully saturated rings. The number of aryl methyl sites for hydroxylation is 1. The molecule has 0 aliphatic heterocycles. The third kappa shape index (κ3) is 3.04. The van der Waals surface area contributed by atoms with Crippen molar-refractivity contribution in [3.05, 3.63) is 64.1 Å². The Morgan fingerprint density at radius 1 is 1.35 bits per heavy atom. The van der Waals surface area contributed by atoms with Crippen molar-refractivity contribution in [3.63, 3.8) is 0 Å². The van der Waals surface area contributed by atoms with Crippen LogP contribution in [0.4, 0.5) is 5.69 Å². The van der Waals surface area contributed by atoms with Gasteiger partial charge in [-0.3, -0.25) is 9.78 Å². The second-order valence-corrected chi connectivity index (χ2v) is 5.09. The van der Waals surface area contributed by atoms with Crippen LogP contribution in [0.5, 0.6) is 0 Å². The Kier molecular flexibility index (Phi) is 4.02. The molecule has 0 saturated heterocycles. The molecule has 6 nitrogen and oxygen atoms in total. The third-order valence-electron chi connectivity index (χ3n) is 3.57. The number of nitriles is 1. The number of allylic oxidation sites excluding steroid dienone is 1. The number of nitrogens with one attached hydrogen (secondary N) is 1. The molecule has 0 amide bonds. The highest BCUT2D eigenvalue weighted by atomic mass is 16.4. The molecule has 0 spiro atoms. The van der Waals surface area contributed by atoms with Crippen molar-refractivity contribution >= 4 is 17.0 Å². The van der Waals surface area contributed by atoms with Gasteiger partial charge in [0.15, 0.2) is 5.78 Å². The van der Waals surface area contributed by atoms with Gasteiger partial charge < -0.3 is 9.73 Å². The van der Waals surface area contributed by atoms with Gasteiger partial charge in [-0.1, -0.05) is 6.07 Å². The summed E-state index contributed by atoms with van der Waals surface area (Å²) in [6.07, 6.45) is 4.69. The minimum Gasteiger partial charge on any atom is -0.426 e. The highest BCUT2D eigenvalue weighted by molar-refractivity contribution is 5.98.